The Labute approximate surface area is 111 Å². The summed E-state index contributed by atoms with van der Waals surface area (Å²) >= 11 is 0. The minimum Gasteiger partial charge on any atom is -0.493 e. The molecule has 0 aliphatic heterocycles. The molecule has 0 aliphatic rings. The van der Waals surface area contributed by atoms with Crippen molar-refractivity contribution in [2.75, 3.05) is 13.7 Å². The number of carbonyl (C=O) groups is 1. The lowest BCUT2D eigenvalue weighted by Gasteiger charge is -2.11. The number of carboxylic acid groups (broad SMARTS) is 1. The topological polar surface area (TPSA) is 60.7 Å². The van der Waals surface area contributed by atoms with Crippen molar-refractivity contribution in [3.8, 4) is 11.5 Å². The largest absolute Gasteiger partial charge is 0.493 e. The molecule has 0 amide bonds. The molecule has 19 heavy (non-hydrogen) atoms. The van der Waals surface area contributed by atoms with Crippen LogP contribution in [0.2, 0.25) is 0 Å². The van der Waals surface area contributed by atoms with Gasteiger partial charge in [-0.15, -0.1) is 0 Å². The maximum absolute atomic E-state index is 10.9. The maximum Gasteiger partial charge on any atom is 0.352 e. The van der Waals surface area contributed by atoms with Crippen LogP contribution in [0.5, 0.6) is 11.5 Å². The van der Waals surface area contributed by atoms with E-state index in [9.17, 15) is 4.79 Å². The molecule has 2 aromatic rings. The van der Waals surface area contributed by atoms with Gasteiger partial charge < -0.3 is 19.1 Å². The second-order valence-electron chi connectivity index (χ2n) is 3.89. The van der Waals surface area contributed by atoms with Crippen molar-refractivity contribution in [2.45, 2.75) is 6.54 Å². The summed E-state index contributed by atoms with van der Waals surface area (Å²) < 4.78 is 12.4. The van der Waals surface area contributed by atoms with Gasteiger partial charge in [-0.25, -0.2) is 4.79 Å². The molecule has 0 saturated heterocycles. The molecule has 0 aliphatic carbocycles. The fourth-order valence-electron chi connectivity index (χ4n) is 1.80. The first-order valence-corrected chi connectivity index (χ1v) is 5.86. The van der Waals surface area contributed by atoms with Crippen LogP contribution in [0, 0.1) is 0 Å². The van der Waals surface area contributed by atoms with Crippen molar-refractivity contribution in [1.82, 2.24) is 4.57 Å². The van der Waals surface area contributed by atoms with Gasteiger partial charge in [-0.3, -0.25) is 0 Å². The smallest absolute Gasteiger partial charge is 0.352 e. The molecule has 0 bridgehead atoms. The Morgan fingerprint density at radius 1 is 1.21 bits per heavy atom. The van der Waals surface area contributed by atoms with Crippen LogP contribution in [0.1, 0.15) is 10.5 Å². The van der Waals surface area contributed by atoms with Gasteiger partial charge in [-0.2, -0.15) is 0 Å². The molecular formula is C14H15NO4. The first-order chi connectivity index (χ1) is 9.22. The Morgan fingerprint density at radius 2 is 1.95 bits per heavy atom. The van der Waals surface area contributed by atoms with E-state index >= 15 is 0 Å². The van der Waals surface area contributed by atoms with Gasteiger partial charge in [0.05, 0.1) is 13.7 Å². The fourth-order valence-corrected chi connectivity index (χ4v) is 1.80. The summed E-state index contributed by atoms with van der Waals surface area (Å²) in [5.41, 5.74) is 0.253. The zero-order valence-electron chi connectivity index (χ0n) is 10.6. The van der Waals surface area contributed by atoms with E-state index in [0.717, 1.165) is 0 Å². The average molecular weight is 261 g/mol. The predicted molar refractivity (Wildman–Crippen MR) is 69.9 cm³/mol. The average Bonchev–Trinajstić information content (AvgIpc) is 2.88. The number of aromatic nitrogens is 1. The number of carboxylic acids is 1. The normalized spacial score (nSPS) is 10.2. The molecule has 5 heteroatoms. The van der Waals surface area contributed by atoms with Crippen LogP contribution in [0.3, 0.4) is 0 Å². The Hall–Kier alpha value is -2.43. The van der Waals surface area contributed by atoms with E-state index in [1.165, 1.54) is 0 Å². The van der Waals surface area contributed by atoms with Crippen LogP contribution in [-0.2, 0) is 6.54 Å². The van der Waals surface area contributed by atoms with Gasteiger partial charge in [0, 0.05) is 6.20 Å². The highest BCUT2D eigenvalue weighted by Gasteiger charge is 2.08. The van der Waals surface area contributed by atoms with Crippen LogP contribution in [0.4, 0.5) is 0 Å². The monoisotopic (exact) mass is 261 g/mol. The van der Waals surface area contributed by atoms with E-state index in [-0.39, 0.29) is 5.69 Å². The Kier molecular flexibility index (Phi) is 4.07. The van der Waals surface area contributed by atoms with Crippen LogP contribution in [0.25, 0.3) is 0 Å². The zero-order valence-corrected chi connectivity index (χ0v) is 10.6. The number of hydrogen-bond acceptors (Lipinski definition) is 3. The van der Waals surface area contributed by atoms with Gasteiger partial charge in [-0.05, 0) is 24.3 Å². The van der Waals surface area contributed by atoms with E-state index in [2.05, 4.69) is 0 Å². The lowest BCUT2D eigenvalue weighted by Crippen LogP contribution is -2.13. The number of ether oxygens (including phenoxy) is 2. The maximum atomic E-state index is 10.9. The number of hydrogen-bond donors (Lipinski definition) is 1. The SMILES string of the molecule is COc1ccccc1OCCn1cccc1C(=O)O. The van der Waals surface area contributed by atoms with Crippen molar-refractivity contribution < 1.29 is 19.4 Å². The van der Waals surface area contributed by atoms with Gasteiger partial charge in [0.1, 0.15) is 12.3 Å². The summed E-state index contributed by atoms with van der Waals surface area (Å²) in [6.45, 7) is 0.835. The molecular weight excluding hydrogens is 246 g/mol. The highest BCUT2D eigenvalue weighted by molar-refractivity contribution is 5.85. The quantitative estimate of drug-likeness (QED) is 0.866. The summed E-state index contributed by atoms with van der Waals surface area (Å²) in [7, 11) is 1.58. The van der Waals surface area contributed by atoms with Crippen molar-refractivity contribution in [1.29, 1.82) is 0 Å². The lowest BCUT2D eigenvalue weighted by atomic mass is 10.3. The van der Waals surface area contributed by atoms with E-state index in [1.54, 1.807) is 30.0 Å². The molecule has 0 atom stereocenters. The molecule has 0 saturated carbocycles. The van der Waals surface area contributed by atoms with Gasteiger partial charge in [-0.1, -0.05) is 12.1 Å². The molecule has 0 spiro atoms. The summed E-state index contributed by atoms with van der Waals surface area (Å²) in [6.07, 6.45) is 1.72. The van der Waals surface area contributed by atoms with E-state index < -0.39 is 5.97 Å². The molecule has 100 valence electrons. The summed E-state index contributed by atoms with van der Waals surface area (Å²) in [5, 5.41) is 8.97. The number of methoxy groups -OCH3 is 1. The third-order valence-electron chi connectivity index (χ3n) is 2.71. The molecule has 1 aromatic carbocycles. The minimum absolute atomic E-state index is 0.253. The van der Waals surface area contributed by atoms with E-state index in [4.69, 9.17) is 14.6 Å². The molecule has 1 N–H and O–H groups in total. The third kappa shape index (κ3) is 3.07. The predicted octanol–water partition coefficient (Wildman–Crippen LogP) is 2.27. The number of nitrogens with zero attached hydrogens (tertiary/aromatic N) is 1. The van der Waals surface area contributed by atoms with Crippen LogP contribution in [-0.4, -0.2) is 29.4 Å². The van der Waals surface area contributed by atoms with E-state index in [0.29, 0.717) is 24.7 Å². The Morgan fingerprint density at radius 3 is 2.63 bits per heavy atom. The van der Waals surface area contributed by atoms with E-state index in [1.807, 2.05) is 24.3 Å². The van der Waals surface area contributed by atoms with Crippen molar-refractivity contribution >= 4 is 5.97 Å². The molecule has 0 unspecified atom stereocenters. The second kappa shape index (κ2) is 5.95. The molecule has 1 heterocycles. The molecule has 0 radical (unpaired) electrons. The standard InChI is InChI=1S/C14H15NO4/c1-18-12-6-2-3-7-13(12)19-10-9-15-8-4-5-11(15)14(16)17/h2-8H,9-10H2,1H3,(H,16,17). The number of para-hydroxylation sites is 2. The fraction of sp³-hybridized carbons (Fsp3) is 0.214. The molecule has 1 aromatic heterocycles. The van der Waals surface area contributed by atoms with Gasteiger partial charge in [0.2, 0.25) is 0 Å². The summed E-state index contributed by atoms with van der Waals surface area (Å²) in [5.74, 6) is 0.366. The minimum atomic E-state index is -0.942. The first-order valence-electron chi connectivity index (χ1n) is 5.86. The van der Waals surface area contributed by atoms with Crippen LogP contribution >= 0.6 is 0 Å². The Balaban J connectivity index is 1.96. The highest BCUT2D eigenvalue weighted by Crippen LogP contribution is 2.25. The van der Waals surface area contributed by atoms with Crippen molar-refractivity contribution in [3.05, 3.63) is 48.3 Å². The van der Waals surface area contributed by atoms with Gasteiger partial charge in [0.25, 0.3) is 0 Å². The molecule has 0 fully saturated rings. The number of aromatic carboxylic acids is 1. The third-order valence-corrected chi connectivity index (χ3v) is 2.71. The zero-order chi connectivity index (χ0) is 13.7. The van der Waals surface area contributed by atoms with Crippen molar-refractivity contribution in [2.24, 2.45) is 0 Å². The molecule has 2 rings (SSSR count). The number of benzene rings is 1. The Bertz CT molecular complexity index is 562. The first kappa shape index (κ1) is 13.0. The van der Waals surface area contributed by atoms with Gasteiger partial charge in [0.15, 0.2) is 11.5 Å². The summed E-state index contributed by atoms with van der Waals surface area (Å²) in [4.78, 5) is 10.9. The van der Waals surface area contributed by atoms with Gasteiger partial charge >= 0.3 is 5.97 Å². The van der Waals surface area contributed by atoms with Crippen LogP contribution < -0.4 is 9.47 Å². The molecule has 5 nitrogen and oxygen atoms in total. The number of rotatable bonds is 6. The van der Waals surface area contributed by atoms with Crippen molar-refractivity contribution in [3.63, 3.8) is 0 Å². The second-order valence-corrected chi connectivity index (χ2v) is 3.89. The summed E-state index contributed by atoms with van der Waals surface area (Å²) in [6, 6.07) is 10.6. The van der Waals surface area contributed by atoms with Crippen LogP contribution in [0.15, 0.2) is 42.6 Å². The lowest BCUT2D eigenvalue weighted by molar-refractivity contribution is 0.0684. The highest BCUT2D eigenvalue weighted by atomic mass is 16.5.